The van der Waals surface area contributed by atoms with E-state index in [4.69, 9.17) is 5.73 Å². The van der Waals surface area contributed by atoms with Crippen molar-refractivity contribution >= 4 is 0 Å². The van der Waals surface area contributed by atoms with Gasteiger partial charge in [-0.25, -0.2) is 0 Å². The van der Waals surface area contributed by atoms with E-state index in [1.807, 2.05) is 13.1 Å². The van der Waals surface area contributed by atoms with Gasteiger partial charge in [0.25, 0.3) is 0 Å². The van der Waals surface area contributed by atoms with Gasteiger partial charge >= 0.3 is 0 Å². The number of piperidine rings is 1. The third kappa shape index (κ3) is 3.01. The second-order valence-electron chi connectivity index (χ2n) is 4.42. The monoisotopic (exact) mass is 205 g/mol. The van der Waals surface area contributed by atoms with Gasteiger partial charge in [-0.3, -0.25) is 9.88 Å². The number of aromatic nitrogens is 1. The summed E-state index contributed by atoms with van der Waals surface area (Å²) in [5.74, 6) is 0. The zero-order valence-corrected chi connectivity index (χ0v) is 9.32. The highest BCUT2D eigenvalue weighted by atomic mass is 15.1. The van der Waals surface area contributed by atoms with Crippen molar-refractivity contribution in [1.82, 2.24) is 9.88 Å². The summed E-state index contributed by atoms with van der Waals surface area (Å²) < 4.78 is 0. The molecule has 0 spiro atoms. The van der Waals surface area contributed by atoms with E-state index >= 15 is 0 Å². The summed E-state index contributed by atoms with van der Waals surface area (Å²) in [7, 11) is 0. The first-order valence-corrected chi connectivity index (χ1v) is 5.63. The van der Waals surface area contributed by atoms with E-state index in [1.54, 1.807) is 0 Å². The molecule has 1 aliphatic heterocycles. The van der Waals surface area contributed by atoms with Gasteiger partial charge in [-0.05, 0) is 44.5 Å². The second-order valence-corrected chi connectivity index (χ2v) is 4.42. The molecule has 1 aromatic heterocycles. The SMILES string of the molecule is Cc1ccc(CN2CCC(N)CC2)cn1. The molecule has 0 atom stereocenters. The molecule has 0 radical (unpaired) electrons. The fourth-order valence-electron chi connectivity index (χ4n) is 1.96. The molecule has 0 aromatic carbocycles. The van der Waals surface area contributed by atoms with Gasteiger partial charge in [0.2, 0.25) is 0 Å². The minimum absolute atomic E-state index is 0.414. The molecule has 0 saturated carbocycles. The van der Waals surface area contributed by atoms with E-state index in [2.05, 4.69) is 22.0 Å². The Morgan fingerprint density at radius 3 is 2.73 bits per heavy atom. The summed E-state index contributed by atoms with van der Waals surface area (Å²) in [6.45, 7) is 5.27. The largest absolute Gasteiger partial charge is 0.328 e. The summed E-state index contributed by atoms with van der Waals surface area (Å²) >= 11 is 0. The highest BCUT2D eigenvalue weighted by Gasteiger charge is 2.15. The topological polar surface area (TPSA) is 42.1 Å². The van der Waals surface area contributed by atoms with Crippen molar-refractivity contribution in [3.63, 3.8) is 0 Å². The van der Waals surface area contributed by atoms with Crippen LogP contribution in [0.5, 0.6) is 0 Å². The molecule has 1 aliphatic rings. The van der Waals surface area contributed by atoms with Gasteiger partial charge in [0.1, 0.15) is 0 Å². The maximum Gasteiger partial charge on any atom is 0.0372 e. The van der Waals surface area contributed by atoms with Crippen molar-refractivity contribution in [3.05, 3.63) is 29.6 Å². The minimum Gasteiger partial charge on any atom is -0.328 e. The van der Waals surface area contributed by atoms with Crippen LogP contribution in [0, 0.1) is 6.92 Å². The molecule has 1 saturated heterocycles. The minimum atomic E-state index is 0.414. The van der Waals surface area contributed by atoms with Crippen LogP contribution in [0.2, 0.25) is 0 Å². The van der Waals surface area contributed by atoms with Crippen LogP contribution in [0.25, 0.3) is 0 Å². The molecule has 2 rings (SSSR count). The number of nitrogens with two attached hydrogens (primary N) is 1. The molecule has 82 valence electrons. The zero-order valence-electron chi connectivity index (χ0n) is 9.32. The van der Waals surface area contributed by atoms with E-state index in [9.17, 15) is 0 Å². The third-order valence-electron chi connectivity index (χ3n) is 3.01. The number of rotatable bonds is 2. The molecule has 2 heterocycles. The number of hydrogen-bond acceptors (Lipinski definition) is 3. The van der Waals surface area contributed by atoms with Crippen LogP contribution >= 0.6 is 0 Å². The predicted octanol–water partition coefficient (Wildman–Crippen LogP) is 1.31. The van der Waals surface area contributed by atoms with Gasteiger partial charge in [0.15, 0.2) is 0 Å². The smallest absolute Gasteiger partial charge is 0.0372 e. The molecule has 0 unspecified atom stereocenters. The number of aryl methyl sites for hydroxylation is 1. The number of hydrogen-bond donors (Lipinski definition) is 1. The lowest BCUT2D eigenvalue weighted by atomic mass is 10.1. The zero-order chi connectivity index (χ0) is 10.7. The Hall–Kier alpha value is -0.930. The molecule has 0 bridgehead atoms. The molecule has 1 aromatic rings. The molecule has 2 N–H and O–H groups in total. The molecule has 3 heteroatoms. The lowest BCUT2D eigenvalue weighted by Gasteiger charge is -2.29. The third-order valence-corrected chi connectivity index (χ3v) is 3.01. The van der Waals surface area contributed by atoms with E-state index in [0.29, 0.717) is 6.04 Å². The first kappa shape index (κ1) is 10.6. The summed E-state index contributed by atoms with van der Waals surface area (Å²) in [5.41, 5.74) is 8.26. The van der Waals surface area contributed by atoms with Crippen molar-refractivity contribution in [1.29, 1.82) is 0 Å². The highest BCUT2D eigenvalue weighted by Crippen LogP contribution is 2.12. The van der Waals surface area contributed by atoms with E-state index in [0.717, 1.165) is 38.2 Å². The van der Waals surface area contributed by atoms with Crippen molar-refractivity contribution < 1.29 is 0 Å². The highest BCUT2D eigenvalue weighted by molar-refractivity contribution is 5.13. The molecule has 15 heavy (non-hydrogen) atoms. The number of likely N-dealkylation sites (tertiary alicyclic amines) is 1. The average molecular weight is 205 g/mol. The summed E-state index contributed by atoms with van der Waals surface area (Å²) in [5, 5.41) is 0. The fourth-order valence-corrected chi connectivity index (χ4v) is 1.96. The molecular formula is C12H19N3. The van der Waals surface area contributed by atoms with Crippen LogP contribution in [0.3, 0.4) is 0 Å². The molecule has 3 nitrogen and oxygen atoms in total. The first-order chi connectivity index (χ1) is 7.24. The Morgan fingerprint density at radius 1 is 1.40 bits per heavy atom. The Morgan fingerprint density at radius 2 is 2.13 bits per heavy atom. The fraction of sp³-hybridized carbons (Fsp3) is 0.583. The lowest BCUT2D eigenvalue weighted by molar-refractivity contribution is 0.205. The average Bonchev–Trinajstić information content (AvgIpc) is 2.25. The Kier molecular flexibility index (Phi) is 3.34. The van der Waals surface area contributed by atoms with Crippen LogP contribution in [0.4, 0.5) is 0 Å². The van der Waals surface area contributed by atoms with E-state index in [-0.39, 0.29) is 0 Å². The number of nitrogens with zero attached hydrogens (tertiary/aromatic N) is 2. The standard InChI is InChI=1S/C12H19N3/c1-10-2-3-11(8-14-10)9-15-6-4-12(13)5-7-15/h2-3,8,12H,4-7,9,13H2,1H3. The van der Waals surface area contributed by atoms with E-state index < -0.39 is 0 Å². The molecule has 0 amide bonds. The van der Waals surface area contributed by atoms with Gasteiger partial charge in [-0.2, -0.15) is 0 Å². The van der Waals surface area contributed by atoms with Gasteiger partial charge < -0.3 is 5.73 Å². The molecule has 0 aliphatic carbocycles. The van der Waals surface area contributed by atoms with Crippen molar-refractivity contribution in [2.45, 2.75) is 32.4 Å². The maximum atomic E-state index is 5.87. The summed E-state index contributed by atoms with van der Waals surface area (Å²) in [6.07, 6.45) is 4.22. The predicted molar refractivity (Wildman–Crippen MR) is 61.5 cm³/mol. The van der Waals surface area contributed by atoms with E-state index in [1.165, 1.54) is 5.56 Å². The van der Waals surface area contributed by atoms with Gasteiger partial charge in [0.05, 0.1) is 0 Å². The Balaban J connectivity index is 1.89. The molecular weight excluding hydrogens is 186 g/mol. The van der Waals surface area contributed by atoms with Crippen molar-refractivity contribution in [3.8, 4) is 0 Å². The Bertz CT molecular complexity index is 299. The van der Waals surface area contributed by atoms with Crippen LogP contribution in [0.1, 0.15) is 24.1 Å². The van der Waals surface area contributed by atoms with Crippen LogP contribution in [-0.2, 0) is 6.54 Å². The van der Waals surface area contributed by atoms with Crippen LogP contribution in [-0.4, -0.2) is 29.0 Å². The van der Waals surface area contributed by atoms with Gasteiger partial charge in [0, 0.05) is 24.5 Å². The van der Waals surface area contributed by atoms with Gasteiger partial charge in [-0.1, -0.05) is 6.07 Å². The molecule has 1 fully saturated rings. The van der Waals surface area contributed by atoms with Gasteiger partial charge in [-0.15, -0.1) is 0 Å². The Labute approximate surface area is 91.3 Å². The van der Waals surface area contributed by atoms with Crippen LogP contribution in [0.15, 0.2) is 18.3 Å². The van der Waals surface area contributed by atoms with Crippen LogP contribution < -0.4 is 5.73 Å². The van der Waals surface area contributed by atoms with Crippen molar-refractivity contribution in [2.75, 3.05) is 13.1 Å². The lowest BCUT2D eigenvalue weighted by Crippen LogP contribution is -2.39. The summed E-state index contributed by atoms with van der Waals surface area (Å²) in [6, 6.07) is 4.65. The number of pyridine rings is 1. The summed E-state index contributed by atoms with van der Waals surface area (Å²) in [4.78, 5) is 6.76. The second kappa shape index (κ2) is 4.73. The maximum absolute atomic E-state index is 5.87. The first-order valence-electron chi connectivity index (χ1n) is 5.63. The quantitative estimate of drug-likeness (QED) is 0.791. The normalized spacial score (nSPS) is 19.3. The van der Waals surface area contributed by atoms with Crippen molar-refractivity contribution in [2.24, 2.45) is 5.73 Å².